The lowest BCUT2D eigenvalue weighted by Gasteiger charge is -2.20. The molecule has 1 aromatic carbocycles. The molecule has 5 heteroatoms. The Morgan fingerprint density at radius 3 is 3.00 bits per heavy atom. The summed E-state index contributed by atoms with van der Waals surface area (Å²) in [4.78, 5) is 17.7. The fourth-order valence-electron chi connectivity index (χ4n) is 2.46. The van der Waals surface area contributed by atoms with E-state index in [1.54, 1.807) is 23.5 Å². The summed E-state index contributed by atoms with van der Waals surface area (Å²) in [5.74, 6) is -0.151. The summed E-state index contributed by atoms with van der Waals surface area (Å²) >= 11 is 1.63. The number of carbonyl (C=O) groups is 1. The lowest BCUT2D eigenvalue weighted by Crippen LogP contribution is -2.33. The summed E-state index contributed by atoms with van der Waals surface area (Å²) < 4.78 is 12.8. The van der Waals surface area contributed by atoms with Crippen molar-refractivity contribution in [2.45, 2.75) is 25.8 Å². The first-order chi connectivity index (χ1) is 9.72. The molecule has 0 fully saturated rings. The van der Waals surface area contributed by atoms with E-state index in [2.05, 4.69) is 10.3 Å². The van der Waals surface area contributed by atoms with Crippen molar-refractivity contribution < 1.29 is 9.18 Å². The third-order valence-corrected chi connectivity index (χ3v) is 4.54. The van der Waals surface area contributed by atoms with Crippen molar-refractivity contribution in [3.63, 3.8) is 0 Å². The molecule has 0 radical (unpaired) electrons. The van der Waals surface area contributed by atoms with Crippen molar-refractivity contribution >= 4 is 17.2 Å². The Morgan fingerprint density at radius 2 is 2.20 bits per heavy atom. The zero-order valence-corrected chi connectivity index (χ0v) is 11.8. The van der Waals surface area contributed by atoms with Crippen LogP contribution in [0.1, 0.15) is 22.6 Å². The molecule has 104 valence electrons. The van der Waals surface area contributed by atoms with Crippen molar-refractivity contribution in [1.29, 1.82) is 0 Å². The van der Waals surface area contributed by atoms with Crippen LogP contribution in [0.5, 0.6) is 0 Å². The van der Waals surface area contributed by atoms with Crippen LogP contribution in [0.4, 0.5) is 4.39 Å². The molecular weight excluding hydrogens is 275 g/mol. The lowest BCUT2D eigenvalue weighted by molar-refractivity contribution is -0.125. The van der Waals surface area contributed by atoms with Gasteiger partial charge in [0, 0.05) is 17.3 Å². The number of thiazole rings is 1. The highest BCUT2D eigenvalue weighted by atomic mass is 32.1. The van der Waals surface area contributed by atoms with Crippen LogP contribution in [0, 0.1) is 11.7 Å². The smallest absolute Gasteiger partial charge is 0.223 e. The van der Waals surface area contributed by atoms with Gasteiger partial charge in [0.25, 0.3) is 0 Å². The number of hydrogen-bond donors (Lipinski definition) is 1. The highest BCUT2D eigenvalue weighted by Gasteiger charge is 2.25. The van der Waals surface area contributed by atoms with E-state index < -0.39 is 0 Å². The van der Waals surface area contributed by atoms with E-state index in [9.17, 15) is 9.18 Å². The van der Waals surface area contributed by atoms with E-state index in [1.165, 1.54) is 17.0 Å². The van der Waals surface area contributed by atoms with Gasteiger partial charge in [-0.05, 0) is 37.0 Å². The summed E-state index contributed by atoms with van der Waals surface area (Å²) in [6.07, 6.45) is 2.52. The van der Waals surface area contributed by atoms with Gasteiger partial charge < -0.3 is 5.32 Å². The van der Waals surface area contributed by atoms with Gasteiger partial charge >= 0.3 is 0 Å². The van der Waals surface area contributed by atoms with Crippen LogP contribution < -0.4 is 5.32 Å². The summed E-state index contributed by atoms with van der Waals surface area (Å²) in [5, 5.41) is 2.93. The molecule has 2 aromatic rings. The summed E-state index contributed by atoms with van der Waals surface area (Å²) in [6, 6.07) is 6.20. The molecular formula is C15H15FN2OS. The molecule has 0 spiro atoms. The number of aromatic nitrogens is 1. The molecule has 1 N–H and O–H groups in total. The van der Waals surface area contributed by atoms with Crippen LogP contribution in [0.3, 0.4) is 0 Å². The van der Waals surface area contributed by atoms with E-state index in [1.807, 2.05) is 5.51 Å². The fourth-order valence-corrected chi connectivity index (χ4v) is 3.36. The predicted molar refractivity (Wildman–Crippen MR) is 75.9 cm³/mol. The van der Waals surface area contributed by atoms with Crippen molar-refractivity contribution in [2.75, 3.05) is 0 Å². The fraction of sp³-hybridized carbons (Fsp3) is 0.333. The molecule has 1 aromatic heterocycles. The first kappa shape index (κ1) is 13.2. The molecule has 1 amide bonds. The molecule has 20 heavy (non-hydrogen) atoms. The largest absolute Gasteiger partial charge is 0.352 e. The molecule has 0 aliphatic heterocycles. The van der Waals surface area contributed by atoms with Crippen LogP contribution in [0.15, 0.2) is 29.8 Å². The lowest BCUT2D eigenvalue weighted by atomic mass is 9.90. The number of nitrogens with one attached hydrogen (secondary N) is 1. The first-order valence-corrected chi connectivity index (χ1v) is 7.54. The number of carbonyl (C=O) groups excluding carboxylic acids is 1. The minimum Gasteiger partial charge on any atom is -0.352 e. The van der Waals surface area contributed by atoms with E-state index in [0.29, 0.717) is 6.54 Å². The van der Waals surface area contributed by atoms with Crippen LogP contribution in [0.25, 0.3) is 0 Å². The highest BCUT2D eigenvalue weighted by molar-refractivity contribution is 7.09. The molecule has 1 aliphatic rings. The van der Waals surface area contributed by atoms with Gasteiger partial charge in [-0.25, -0.2) is 9.37 Å². The Labute approximate surface area is 120 Å². The molecule has 0 saturated heterocycles. The van der Waals surface area contributed by atoms with Gasteiger partial charge in [0.15, 0.2) is 0 Å². The Hall–Kier alpha value is -1.75. The molecule has 0 bridgehead atoms. The standard InChI is InChI=1S/C15H15FN2OS/c16-12-4-1-10(2-5-12)8-17-15(19)11-3-6-13-14(7-11)20-9-18-13/h1-2,4-5,9,11H,3,6-8H2,(H,17,19). The van der Waals surface area contributed by atoms with Gasteiger partial charge in [-0.2, -0.15) is 0 Å². The van der Waals surface area contributed by atoms with E-state index in [4.69, 9.17) is 0 Å². The minimum absolute atomic E-state index is 0.0309. The summed E-state index contributed by atoms with van der Waals surface area (Å²) in [6.45, 7) is 0.450. The Balaban J connectivity index is 1.56. The molecule has 1 heterocycles. The van der Waals surface area contributed by atoms with Crippen molar-refractivity contribution in [2.24, 2.45) is 5.92 Å². The molecule has 0 saturated carbocycles. The van der Waals surface area contributed by atoms with E-state index in [0.717, 1.165) is 30.5 Å². The average Bonchev–Trinajstić information content (AvgIpc) is 2.93. The molecule has 1 aliphatic carbocycles. The second-order valence-corrected chi connectivity index (χ2v) is 5.95. The molecule has 3 nitrogen and oxygen atoms in total. The third-order valence-electron chi connectivity index (χ3n) is 3.64. The maximum Gasteiger partial charge on any atom is 0.223 e. The van der Waals surface area contributed by atoms with Gasteiger partial charge in [0.05, 0.1) is 11.2 Å². The zero-order valence-electron chi connectivity index (χ0n) is 10.9. The predicted octanol–water partition coefficient (Wildman–Crippen LogP) is 2.70. The van der Waals surface area contributed by atoms with Gasteiger partial charge in [0.1, 0.15) is 5.82 Å². The van der Waals surface area contributed by atoms with Crippen LogP contribution in [0.2, 0.25) is 0 Å². The van der Waals surface area contributed by atoms with Gasteiger partial charge in [-0.1, -0.05) is 12.1 Å². The van der Waals surface area contributed by atoms with Crippen molar-refractivity contribution in [3.05, 3.63) is 51.7 Å². The number of amides is 1. The average molecular weight is 290 g/mol. The summed E-state index contributed by atoms with van der Waals surface area (Å²) in [5.41, 5.74) is 3.91. The van der Waals surface area contributed by atoms with Crippen LogP contribution >= 0.6 is 11.3 Å². The third kappa shape index (κ3) is 2.88. The van der Waals surface area contributed by atoms with Crippen molar-refractivity contribution in [3.8, 4) is 0 Å². The van der Waals surface area contributed by atoms with E-state index in [-0.39, 0.29) is 17.6 Å². The number of benzene rings is 1. The first-order valence-electron chi connectivity index (χ1n) is 6.66. The molecule has 1 unspecified atom stereocenters. The SMILES string of the molecule is O=C(NCc1ccc(F)cc1)C1CCc2ncsc2C1. The molecule has 3 rings (SSSR count). The Morgan fingerprint density at radius 1 is 1.40 bits per heavy atom. The maximum absolute atomic E-state index is 12.8. The number of rotatable bonds is 3. The Bertz CT molecular complexity index is 609. The maximum atomic E-state index is 12.8. The molecule has 1 atom stereocenters. The highest BCUT2D eigenvalue weighted by Crippen LogP contribution is 2.27. The van der Waals surface area contributed by atoms with Gasteiger partial charge in [-0.3, -0.25) is 4.79 Å². The minimum atomic E-state index is -0.259. The number of fused-ring (bicyclic) bond motifs is 1. The van der Waals surface area contributed by atoms with Gasteiger partial charge in [-0.15, -0.1) is 11.3 Å². The second kappa shape index (κ2) is 5.71. The zero-order chi connectivity index (χ0) is 13.9. The topological polar surface area (TPSA) is 42.0 Å². The van der Waals surface area contributed by atoms with Crippen LogP contribution in [-0.2, 0) is 24.2 Å². The number of aryl methyl sites for hydroxylation is 1. The monoisotopic (exact) mass is 290 g/mol. The number of nitrogens with zero attached hydrogens (tertiary/aromatic N) is 1. The number of halogens is 1. The normalized spacial score (nSPS) is 17.6. The van der Waals surface area contributed by atoms with Crippen molar-refractivity contribution in [1.82, 2.24) is 10.3 Å². The van der Waals surface area contributed by atoms with Gasteiger partial charge in [0.2, 0.25) is 5.91 Å². The summed E-state index contributed by atoms with van der Waals surface area (Å²) in [7, 11) is 0. The Kier molecular flexibility index (Phi) is 3.78. The number of hydrogen-bond acceptors (Lipinski definition) is 3. The quantitative estimate of drug-likeness (QED) is 0.944. The van der Waals surface area contributed by atoms with E-state index >= 15 is 0 Å². The van der Waals surface area contributed by atoms with Crippen LogP contribution in [-0.4, -0.2) is 10.9 Å². The second-order valence-electron chi connectivity index (χ2n) is 5.01.